The van der Waals surface area contributed by atoms with Crippen molar-refractivity contribution >= 4 is 28.9 Å². The molecule has 13 heteroatoms. The topological polar surface area (TPSA) is 120 Å². The molecule has 1 aliphatic rings. The predicted octanol–water partition coefficient (Wildman–Crippen LogP) is 3.82. The smallest absolute Gasteiger partial charge is 0.433 e. The third-order valence-corrected chi connectivity index (χ3v) is 5.92. The molecule has 3 aromatic heterocycles. The van der Waals surface area contributed by atoms with Gasteiger partial charge in [0.1, 0.15) is 17.0 Å². The van der Waals surface area contributed by atoms with E-state index >= 15 is 0 Å². The van der Waals surface area contributed by atoms with E-state index in [1.54, 1.807) is 29.8 Å². The van der Waals surface area contributed by atoms with Gasteiger partial charge in [-0.25, -0.2) is 9.97 Å². The van der Waals surface area contributed by atoms with Crippen LogP contribution in [0.15, 0.2) is 36.7 Å². The number of alkyl halides is 3. The first-order chi connectivity index (χ1) is 16.4. The molecule has 3 N–H and O–H groups in total. The number of hydrogen-bond acceptors (Lipinski definition) is 6. The van der Waals surface area contributed by atoms with E-state index in [0.29, 0.717) is 48.6 Å². The van der Waals surface area contributed by atoms with Crippen molar-refractivity contribution in [2.24, 2.45) is 0 Å². The number of carboxylic acids is 1. The number of amides is 1. The fraction of sp³-hybridized carbons (Fsp3) is 0.375. The van der Waals surface area contributed by atoms with Crippen LogP contribution in [0.4, 0.5) is 24.5 Å². The summed E-state index contributed by atoms with van der Waals surface area (Å²) in [6.45, 7) is 2.72. The third kappa shape index (κ3) is 7.29. The van der Waals surface area contributed by atoms with Crippen molar-refractivity contribution in [1.82, 2.24) is 14.4 Å². The van der Waals surface area contributed by atoms with Gasteiger partial charge < -0.3 is 32.3 Å². The Kier molecular flexibility index (Phi) is 9.48. The minimum Gasteiger partial charge on any atom is -0.481 e. The molecule has 200 valence electrons. The number of fused-ring (bicyclic) bond motifs is 1. The number of aliphatic carboxylic acids is 1. The summed E-state index contributed by atoms with van der Waals surface area (Å²) < 4.78 is 40.8. The second kappa shape index (κ2) is 11.6. The van der Waals surface area contributed by atoms with Crippen LogP contribution in [0.25, 0.3) is 5.65 Å². The number of carbonyl (C=O) groups excluding carboxylic acids is 1. The van der Waals surface area contributed by atoms with Crippen molar-refractivity contribution in [3.63, 3.8) is 0 Å². The molecule has 1 aliphatic heterocycles. The number of rotatable bonds is 6. The van der Waals surface area contributed by atoms with Gasteiger partial charge in [-0.15, -0.1) is 0 Å². The molecule has 1 amide bonds. The maximum Gasteiger partial charge on any atom is 0.433 e. The number of pyridine rings is 2. The number of imidazole rings is 1. The van der Waals surface area contributed by atoms with Gasteiger partial charge in [0.25, 0.3) is 5.91 Å². The van der Waals surface area contributed by atoms with E-state index in [4.69, 9.17) is 5.11 Å². The summed E-state index contributed by atoms with van der Waals surface area (Å²) in [5, 5.41) is 21.9. The van der Waals surface area contributed by atoms with Gasteiger partial charge in [-0.1, -0.05) is 6.07 Å². The van der Waals surface area contributed by atoms with E-state index in [1.807, 2.05) is 4.90 Å². The zero-order chi connectivity index (χ0) is 25.4. The van der Waals surface area contributed by atoms with Crippen LogP contribution >= 0.6 is 0 Å². The molecule has 0 bridgehead atoms. The number of halogens is 3. The number of piperidine rings is 1. The Morgan fingerprint density at radius 2 is 1.84 bits per heavy atom. The normalized spacial score (nSPS) is 15.0. The standard InChI is InChI=1S/C23H24F3N5O4.CH3.W/c1-22(35)7-9-30(10-8-22)17-11-19-27-14(5-6-20(32)33)12-31(19)13-16(17)29-21(34)15-3-2-4-18(28-15)23(24,25)26;;/h2-4,11-13,35H,5-10H2,1H3,(H,29,34)(H,32,33);1H3;/q;-1;. The van der Waals surface area contributed by atoms with Crippen molar-refractivity contribution in [2.45, 2.75) is 44.4 Å². The Hall–Kier alpha value is -2.98. The number of carbonyl (C=O) groups is 2. The summed E-state index contributed by atoms with van der Waals surface area (Å²) in [6, 6.07) is 4.83. The molecule has 0 unspecified atom stereocenters. The van der Waals surface area contributed by atoms with Gasteiger partial charge in [0, 0.05) is 59.0 Å². The first-order valence-corrected chi connectivity index (χ1v) is 11.0. The van der Waals surface area contributed by atoms with Crippen molar-refractivity contribution in [3.05, 3.63) is 61.2 Å². The summed E-state index contributed by atoms with van der Waals surface area (Å²) in [5.74, 6) is -1.77. The zero-order valence-corrected chi connectivity index (χ0v) is 23.2. The summed E-state index contributed by atoms with van der Waals surface area (Å²) >= 11 is 0. The summed E-state index contributed by atoms with van der Waals surface area (Å²) in [5.41, 5.74) is -0.398. The first kappa shape index (κ1) is 30.2. The van der Waals surface area contributed by atoms with Crippen LogP contribution in [0, 0.1) is 7.43 Å². The molecular weight excluding hydrogens is 663 g/mol. The predicted molar refractivity (Wildman–Crippen MR) is 127 cm³/mol. The second-order valence-corrected chi connectivity index (χ2v) is 8.81. The number of hydrogen-bond donors (Lipinski definition) is 3. The van der Waals surface area contributed by atoms with E-state index in [9.17, 15) is 27.9 Å². The van der Waals surface area contributed by atoms with Crippen LogP contribution in [0.2, 0.25) is 0 Å². The number of aliphatic hydroxyl groups is 1. The quantitative estimate of drug-likeness (QED) is 0.337. The Labute approximate surface area is 226 Å². The van der Waals surface area contributed by atoms with E-state index in [-0.39, 0.29) is 47.0 Å². The molecular formula is C24H27F3N5O4W-. The number of nitrogens with one attached hydrogen (secondary N) is 1. The molecule has 0 aliphatic carbocycles. The minimum atomic E-state index is -4.69. The van der Waals surface area contributed by atoms with Gasteiger partial charge in [0.05, 0.1) is 29.1 Å². The molecule has 37 heavy (non-hydrogen) atoms. The van der Waals surface area contributed by atoms with Crippen LogP contribution in [0.3, 0.4) is 0 Å². The fourth-order valence-corrected chi connectivity index (χ4v) is 3.92. The SMILES string of the molecule is CC1(O)CCN(c2cc3nc(CCC(=O)O)cn3cc2NC(=O)c2cccc(C(F)(F)F)n2)CC1.[CH3-].[W]. The molecule has 0 aromatic carbocycles. The zero-order valence-electron chi connectivity index (χ0n) is 20.2. The minimum absolute atomic E-state index is 0. The van der Waals surface area contributed by atoms with E-state index in [2.05, 4.69) is 15.3 Å². The average Bonchev–Trinajstić information content (AvgIpc) is 3.18. The largest absolute Gasteiger partial charge is 0.481 e. The molecule has 4 rings (SSSR count). The van der Waals surface area contributed by atoms with Crippen LogP contribution in [-0.2, 0) is 38.5 Å². The van der Waals surface area contributed by atoms with E-state index < -0.39 is 29.3 Å². The summed E-state index contributed by atoms with van der Waals surface area (Å²) in [4.78, 5) is 33.6. The van der Waals surface area contributed by atoms with Crippen molar-refractivity contribution < 1.29 is 54.0 Å². The Morgan fingerprint density at radius 3 is 2.46 bits per heavy atom. The van der Waals surface area contributed by atoms with Crippen molar-refractivity contribution in [3.8, 4) is 0 Å². The van der Waals surface area contributed by atoms with Crippen molar-refractivity contribution in [1.29, 1.82) is 0 Å². The molecule has 0 saturated carbocycles. The average molecular weight is 690 g/mol. The van der Waals surface area contributed by atoms with Gasteiger partial charge in [0.15, 0.2) is 0 Å². The van der Waals surface area contributed by atoms with Gasteiger partial charge in [0.2, 0.25) is 0 Å². The van der Waals surface area contributed by atoms with Gasteiger partial charge in [-0.3, -0.25) is 9.59 Å². The summed E-state index contributed by atoms with van der Waals surface area (Å²) in [6.07, 6.45) is -0.370. The molecule has 4 heterocycles. The Balaban J connectivity index is 0.00000241. The van der Waals surface area contributed by atoms with Crippen LogP contribution in [0.1, 0.15) is 48.1 Å². The fourth-order valence-electron chi connectivity index (χ4n) is 3.92. The number of carboxylic acid groups (broad SMARTS) is 1. The Morgan fingerprint density at radius 1 is 1.16 bits per heavy atom. The first-order valence-electron chi connectivity index (χ1n) is 11.0. The van der Waals surface area contributed by atoms with Gasteiger partial charge in [-0.2, -0.15) is 13.2 Å². The van der Waals surface area contributed by atoms with Crippen LogP contribution < -0.4 is 10.2 Å². The molecule has 9 nitrogen and oxygen atoms in total. The van der Waals surface area contributed by atoms with Crippen LogP contribution in [0.5, 0.6) is 0 Å². The van der Waals surface area contributed by atoms with Crippen LogP contribution in [-0.4, -0.2) is 55.1 Å². The van der Waals surface area contributed by atoms with Gasteiger partial charge in [-0.05, 0) is 31.9 Å². The third-order valence-electron chi connectivity index (χ3n) is 5.92. The maximum atomic E-state index is 13.0. The summed E-state index contributed by atoms with van der Waals surface area (Å²) in [7, 11) is 0. The molecule has 1 saturated heterocycles. The molecule has 0 atom stereocenters. The van der Waals surface area contributed by atoms with Crippen molar-refractivity contribution in [2.75, 3.05) is 23.3 Å². The number of aryl methyl sites for hydroxylation is 1. The molecule has 0 spiro atoms. The number of anilines is 2. The van der Waals surface area contributed by atoms with E-state index in [1.165, 1.54) is 6.07 Å². The monoisotopic (exact) mass is 690 g/mol. The maximum absolute atomic E-state index is 13.0. The van der Waals surface area contributed by atoms with E-state index in [0.717, 1.165) is 12.1 Å². The number of aromatic nitrogens is 3. The molecule has 0 radical (unpaired) electrons. The second-order valence-electron chi connectivity index (χ2n) is 8.81. The molecule has 3 aromatic rings. The Bertz CT molecular complexity index is 1270. The van der Waals surface area contributed by atoms with Gasteiger partial charge >= 0.3 is 12.1 Å². The molecule has 1 fully saturated rings. The number of nitrogens with zero attached hydrogens (tertiary/aromatic N) is 4.